The lowest BCUT2D eigenvalue weighted by atomic mass is 10.2. The average Bonchev–Trinajstić information content (AvgIpc) is 3.42. The third-order valence-electron chi connectivity index (χ3n) is 3.94. The van der Waals surface area contributed by atoms with E-state index in [1.165, 1.54) is 11.8 Å². The van der Waals surface area contributed by atoms with Gasteiger partial charge >= 0.3 is 0 Å². The van der Waals surface area contributed by atoms with Gasteiger partial charge in [-0.05, 0) is 46.3 Å². The summed E-state index contributed by atoms with van der Waals surface area (Å²) in [7, 11) is 3.16. The molecule has 0 aliphatic heterocycles. The third-order valence-corrected chi connectivity index (χ3v) is 5.43. The van der Waals surface area contributed by atoms with Crippen LogP contribution in [0.15, 0.2) is 61.1 Å². The van der Waals surface area contributed by atoms with Crippen LogP contribution in [0.25, 0.3) is 22.8 Å². The van der Waals surface area contributed by atoms with Gasteiger partial charge in [0.05, 0.1) is 25.5 Å². The van der Waals surface area contributed by atoms with E-state index in [9.17, 15) is 0 Å². The minimum atomic E-state index is 0.401. The lowest BCUT2D eigenvalue weighted by Crippen LogP contribution is -1.91. The van der Waals surface area contributed by atoms with Gasteiger partial charge < -0.3 is 18.4 Å². The molecule has 2 heterocycles. The number of aromatic nitrogens is 4. The molecule has 0 saturated heterocycles. The number of ether oxygens (including phenoxy) is 2. The predicted octanol–water partition coefficient (Wildman–Crippen LogP) is 4.86. The summed E-state index contributed by atoms with van der Waals surface area (Å²) in [6.07, 6.45) is 0. The number of hydrogen-bond donors (Lipinski definition) is 0. The van der Waals surface area contributed by atoms with Crippen molar-refractivity contribution in [3.05, 3.63) is 52.8 Å². The molecule has 2 aromatic heterocycles. The molecule has 0 atom stereocenters. The highest BCUT2D eigenvalue weighted by atomic mass is 79.9. The van der Waals surface area contributed by atoms with E-state index < -0.39 is 0 Å². The standard InChI is InChI=1S/C19H15BrN4O4S/c1-25-14-8-7-11(9-15(14)26-2)17-21-16(28-24-17)10-29-19-23-22-18(27-19)12-5-3-4-6-13(12)20/h3-9H,10H2,1-2H3. The Kier molecular flexibility index (Phi) is 5.81. The Balaban J connectivity index is 1.45. The predicted molar refractivity (Wildman–Crippen MR) is 110 cm³/mol. The van der Waals surface area contributed by atoms with E-state index in [1.54, 1.807) is 26.4 Å². The zero-order chi connectivity index (χ0) is 20.2. The zero-order valence-corrected chi connectivity index (χ0v) is 17.9. The van der Waals surface area contributed by atoms with E-state index in [0.717, 1.165) is 15.6 Å². The molecule has 0 saturated carbocycles. The van der Waals surface area contributed by atoms with Crippen molar-refractivity contribution in [2.24, 2.45) is 0 Å². The molecular weight excluding hydrogens is 460 g/mol. The smallest absolute Gasteiger partial charge is 0.277 e. The molecule has 148 valence electrons. The molecule has 10 heteroatoms. The van der Waals surface area contributed by atoms with Gasteiger partial charge in [-0.2, -0.15) is 4.98 Å². The van der Waals surface area contributed by atoms with Crippen LogP contribution >= 0.6 is 27.7 Å². The van der Waals surface area contributed by atoms with E-state index in [2.05, 4.69) is 36.3 Å². The summed E-state index contributed by atoms with van der Waals surface area (Å²) in [5.74, 6) is 2.97. The van der Waals surface area contributed by atoms with Crippen LogP contribution in [0.2, 0.25) is 0 Å². The van der Waals surface area contributed by atoms with Crippen molar-refractivity contribution in [3.63, 3.8) is 0 Å². The molecule has 0 fully saturated rings. The summed E-state index contributed by atoms with van der Waals surface area (Å²) in [5.41, 5.74) is 1.59. The Hall–Kier alpha value is -2.85. The summed E-state index contributed by atoms with van der Waals surface area (Å²) in [5, 5.41) is 12.6. The molecule has 4 rings (SSSR count). The highest BCUT2D eigenvalue weighted by Gasteiger charge is 2.15. The minimum absolute atomic E-state index is 0.401. The van der Waals surface area contributed by atoms with Crippen LogP contribution in [0, 0.1) is 0 Å². The Labute approximate surface area is 178 Å². The number of halogens is 1. The Morgan fingerprint density at radius 1 is 1.03 bits per heavy atom. The molecule has 0 unspecified atom stereocenters. The average molecular weight is 475 g/mol. The Bertz CT molecular complexity index is 1130. The molecule has 4 aromatic rings. The van der Waals surface area contributed by atoms with Crippen LogP contribution in [-0.4, -0.2) is 34.6 Å². The number of thioether (sulfide) groups is 1. The highest BCUT2D eigenvalue weighted by Crippen LogP contribution is 2.32. The van der Waals surface area contributed by atoms with Crippen LogP contribution in [0.5, 0.6) is 11.5 Å². The van der Waals surface area contributed by atoms with Crippen molar-refractivity contribution in [2.45, 2.75) is 11.0 Å². The van der Waals surface area contributed by atoms with Crippen molar-refractivity contribution in [2.75, 3.05) is 14.2 Å². The van der Waals surface area contributed by atoms with Gasteiger partial charge in [-0.1, -0.05) is 29.1 Å². The number of benzene rings is 2. The number of hydrogen-bond acceptors (Lipinski definition) is 9. The molecule has 8 nitrogen and oxygen atoms in total. The van der Waals surface area contributed by atoms with Gasteiger partial charge in [0.1, 0.15) is 0 Å². The first-order valence-electron chi connectivity index (χ1n) is 8.44. The first kappa shape index (κ1) is 19.5. The van der Waals surface area contributed by atoms with Crippen molar-refractivity contribution >= 4 is 27.7 Å². The molecular formula is C19H15BrN4O4S. The molecule has 0 spiro atoms. The lowest BCUT2D eigenvalue weighted by molar-refractivity contribution is 0.355. The fourth-order valence-corrected chi connectivity index (χ4v) is 3.60. The van der Waals surface area contributed by atoms with Gasteiger partial charge in [-0.3, -0.25) is 0 Å². The molecule has 0 N–H and O–H groups in total. The van der Waals surface area contributed by atoms with Crippen molar-refractivity contribution in [3.8, 4) is 34.3 Å². The largest absolute Gasteiger partial charge is 0.493 e. The van der Waals surface area contributed by atoms with Gasteiger partial charge in [0, 0.05) is 10.0 Å². The fourth-order valence-electron chi connectivity index (χ4n) is 2.54. The zero-order valence-electron chi connectivity index (χ0n) is 15.5. The molecule has 0 bridgehead atoms. The molecule has 0 amide bonds. The highest BCUT2D eigenvalue weighted by molar-refractivity contribution is 9.10. The van der Waals surface area contributed by atoms with Crippen LogP contribution < -0.4 is 9.47 Å². The van der Waals surface area contributed by atoms with E-state index in [1.807, 2.05) is 30.3 Å². The van der Waals surface area contributed by atoms with Gasteiger partial charge in [-0.15, -0.1) is 10.2 Å². The van der Waals surface area contributed by atoms with Crippen molar-refractivity contribution in [1.82, 2.24) is 20.3 Å². The first-order valence-corrected chi connectivity index (χ1v) is 10.2. The van der Waals surface area contributed by atoms with Crippen molar-refractivity contribution < 1.29 is 18.4 Å². The molecule has 0 aliphatic rings. The third kappa shape index (κ3) is 4.28. The lowest BCUT2D eigenvalue weighted by Gasteiger charge is -2.07. The Morgan fingerprint density at radius 3 is 2.66 bits per heavy atom. The molecule has 0 radical (unpaired) electrons. The number of nitrogens with zero attached hydrogens (tertiary/aromatic N) is 4. The van der Waals surface area contributed by atoms with Crippen LogP contribution in [0.4, 0.5) is 0 Å². The summed E-state index contributed by atoms with van der Waals surface area (Å²) in [4.78, 5) is 4.41. The summed E-state index contributed by atoms with van der Waals surface area (Å²) in [6.45, 7) is 0. The molecule has 2 aromatic carbocycles. The maximum absolute atomic E-state index is 5.71. The first-order chi connectivity index (χ1) is 14.2. The van der Waals surface area contributed by atoms with Crippen LogP contribution in [-0.2, 0) is 5.75 Å². The second-order valence-electron chi connectivity index (χ2n) is 5.72. The monoisotopic (exact) mass is 474 g/mol. The van der Waals surface area contributed by atoms with Gasteiger partial charge in [0.15, 0.2) is 11.5 Å². The van der Waals surface area contributed by atoms with Crippen LogP contribution in [0.3, 0.4) is 0 Å². The number of rotatable bonds is 7. The summed E-state index contributed by atoms with van der Waals surface area (Å²) in [6, 6.07) is 13.1. The van der Waals surface area contributed by atoms with E-state index >= 15 is 0 Å². The van der Waals surface area contributed by atoms with E-state index in [-0.39, 0.29) is 0 Å². The van der Waals surface area contributed by atoms with Gasteiger partial charge in [0.25, 0.3) is 5.22 Å². The Morgan fingerprint density at radius 2 is 1.86 bits per heavy atom. The normalized spacial score (nSPS) is 10.9. The van der Waals surface area contributed by atoms with Gasteiger partial charge in [0.2, 0.25) is 17.6 Å². The van der Waals surface area contributed by atoms with Crippen molar-refractivity contribution in [1.29, 1.82) is 0 Å². The quantitative estimate of drug-likeness (QED) is 0.347. The van der Waals surface area contributed by atoms with Crippen LogP contribution in [0.1, 0.15) is 5.89 Å². The second kappa shape index (κ2) is 8.66. The SMILES string of the molecule is COc1ccc(-c2noc(CSc3nnc(-c4ccccc4Br)o3)n2)cc1OC. The summed E-state index contributed by atoms with van der Waals surface area (Å²) >= 11 is 4.80. The maximum atomic E-state index is 5.71. The van der Waals surface area contributed by atoms with E-state index in [4.69, 9.17) is 18.4 Å². The fraction of sp³-hybridized carbons (Fsp3) is 0.158. The van der Waals surface area contributed by atoms with Gasteiger partial charge in [-0.25, -0.2) is 0 Å². The minimum Gasteiger partial charge on any atom is -0.493 e. The number of methoxy groups -OCH3 is 2. The topological polar surface area (TPSA) is 96.3 Å². The summed E-state index contributed by atoms with van der Waals surface area (Å²) < 4.78 is 22.5. The second-order valence-corrected chi connectivity index (χ2v) is 7.50. The maximum Gasteiger partial charge on any atom is 0.277 e. The molecule has 0 aliphatic carbocycles. The molecule has 29 heavy (non-hydrogen) atoms. The van der Waals surface area contributed by atoms with E-state index in [0.29, 0.717) is 40.1 Å².